The van der Waals surface area contributed by atoms with Crippen molar-refractivity contribution < 1.29 is 17.9 Å². The molecular formula is C20H27N3O4S2. The smallest absolute Gasteiger partial charge is 0.256 e. The first-order valence-corrected chi connectivity index (χ1v) is 11.7. The molecule has 0 spiro atoms. The van der Waals surface area contributed by atoms with E-state index in [2.05, 4.69) is 4.90 Å². The van der Waals surface area contributed by atoms with Gasteiger partial charge >= 0.3 is 0 Å². The van der Waals surface area contributed by atoms with E-state index in [0.29, 0.717) is 38.4 Å². The van der Waals surface area contributed by atoms with Crippen molar-refractivity contribution in [1.82, 2.24) is 9.21 Å². The molecule has 0 atom stereocenters. The maximum Gasteiger partial charge on any atom is 0.256 e. The van der Waals surface area contributed by atoms with Crippen molar-refractivity contribution in [1.29, 1.82) is 0 Å². The number of rotatable bonds is 6. The molecule has 1 aliphatic rings. The predicted molar refractivity (Wildman–Crippen MR) is 115 cm³/mol. The van der Waals surface area contributed by atoms with E-state index in [1.54, 1.807) is 35.4 Å². The molecule has 1 aromatic heterocycles. The van der Waals surface area contributed by atoms with Crippen molar-refractivity contribution in [3.8, 4) is 0 Å². The number of aryl methyl sites for hydroxylation is 1. The molecule has 3 rings (SSSR count). The van der Waals surface area contributed by atoms with Crippen molar-refractivity contribution >= 4 is 33.0 Å². The van der Waals surface area contributed by atoms with Gasteiger partial charge < -0.3 is 14.5 Å². The van der Waals surface area contributed by atoms with E-state index >= 15 is 0 Å². The molecule has 29 heavy (non-hydrogen) atoms. The SMILES string of the molecule is Cc1ccsc1CN(C)C(=O)c1cc(S(=O)(=O)N(C)C)ccc1N1CCOCC1. The zero-order valence-electron chi connectivity index (χ0n) is 17.2. The number of morpholine rings is 1. The van der Waals surface area contributed by atoms with Gasteiger partial charge in [0.05, 0.1) is 30.2 Å². The van der Waals surface area contributed by atoms with Crippen molar-refractivity contribution in [3.05, 3.63) is 45.6 Å². The molecule has 7 nitrogen and oxygen atoms in total. The summed E-state index contributed by atoms with van der Waals surface area (Å²) >= 11 is 1.61. The Morgan fingerprint density at radius 3 is 2.45 bits per heavy atom. The monoisotopic (exact) mass is 437 g/mol. The average Bonchev–Trinajstić information content (AvgIpc) is 3.11. The number of amides is 1. The summed E-state index contributed by atoms with van der Waals surface area (Å²) < 4.78 is 31.8. The molecule has 0 bridgehead atoms. The number of nitrogens with zero attached hydrogens (tertiary/aromatic N) is 3. The number of hydrogen-bond donors (Lipinski definition) is 0. The molecule has 1 fully saturated rings. The lowest BCUT2D eigenvalue weighted by Crippen LogP contribution is -2.38. The largest absolute Gasteiger partial charge is 0.378 e. The summed E-state index contributed by atoms with van der Waals surface area (Å²) in [7, 11) is 1.08. The predicted octanol–water partition coefficient (Wildman–Crippen LogP) is 2.42. The molecule has 0 saturated carbocycles. The van der Waals surface area contributed by atoms with Crippen LogP contribution in [0.3, 0.4) is 0 Å². The van der Waals surface area contributed by atoms with Crippen molar-refractivity contribution in [2.45, 2.75) is 18.4 Å². The van der Waals surface area contributed by atoms with Crippen LogP contribution in [-0.4, -0.2) is 71.0 Å². The second-order valence-corrected chi connectivity index (χ2v) is 10.4. The molecule has 9 heteroatoms. The van der Waals surface area contributed by atoms with Gasteiger partial charge in [0.2, 0.25) is 10.0 Å². The average molecular weight is 438 g/mol. The summed E-state index contributed by atoms with van der Waals surface area (Å²) in [5.41, 5.74) is 2.28. The molecule has 2 heterocycles. The van der Waals surface area contributed by atoms with Crippen LogP contribution in [-0.2, 0) is 21.3 Å². The quantitative estimate of drug-likeness (QED) is 0.694. The Labute approximate surface area is 176 Å². The molecule has 1 aliphatic heterocycles. The van der Waals surface area contributed by atoms with Gasteiger partial charge in [0, 0.05) is 44.8 Å². The Bertz CT molecular complexity index is 979. The number of benzene rings is 1. The van der Waals surface area contributed by atoms with E-state index in [-0.39, 0.29) is 10.8 Å². The summed E-state index contributed by atoms with van der Waals surface area (Å²) in [6.45, 7) is 4.98. The highest BCUT2D eigenvalue weighted by atomic mass is 32.2. The van der Waals surface area contributed by atoms with Gasteiger partial charge in [0.25, 0.3) is 5.91 Å². The van der Waals surface area contributed by atoms with Gasteiger partial charge in [0.1, 0.15) is 0 Å². The van der Waals surface area contributed by atoms with Crippen molar-refractivity contribution in [2.24, 2.45) is 0 Å². The zero-order valence-corrected chi connectivity index (χ0v) is 18.8. The van der Waals surface area contributed by atoms with Gasteiger partial charge in [-0.05, 0) is 42.1 Å². The highest BCUT2D eigenvalue weighted by Crippen LogP contribution is 2.28. The third kappa shape index (κ3) is 4.63. The van der Waals surface area contributed by atoms with Crippen LogP contribution >= 0.6 is 11.3 Å². The summed E-state index contributed by atoms with van der Waals surface area (Å²) in [6.07, 6.45) is 0. The van der Waals surface area contributed by atoms with E-state index in [4.69, 9.17) is 4.74 Å². The molecular weight excluding hydrogens is 410 g/mol. The third-order valence-corrected chi connectivity index (χ3v) is 7.84. The van der Waals surface area contributed by atoms with Crippen molar-refractivity contribution in [2.75, 3.05) is 52.3 Å². The van der Waals surface area contributed by atoms with Crippen LogP contribution in [0.15, 0.2) is 34.5 Å². The summed E-state index contributed by atoms with van der Waals surface area (Å²) in [5, 5.41) is 2.01. The Kier molecular flexibility index (Phi) is 6.62. The second-order valence-electron chi connectivity index (χ2n) is 7.25. The maximum atomic E-state index is 13.4. The van der Waals surface area contributed by atoms with Gasteiger partial charge in [0.15, 0.2) is 0 Å². The Morgan fingerprint density at radius 2 is 1.86 bits per heavy atom. The first-order valence-electron chi connectivity index (χ1n) is 9.39. The van der Waals surface area contributed by atoms with Crippen LogP contribution in [0.25, 0.3) is 0 Å². The highest BCUT2D eigenvalue weighted by Gasteiger charge is 2.26. The molecule has 0 unspecified atom stereocenters. The van der Waals surface area contributed by atoms with Gasteiger partial charge in [-0.15, -0.1) is 11.3 Å². The normalized spacial score (nSPS) is 15.0. The number of anilines is 1. The fourth-order valence-corrected chi connectivity index (χ4v) is 5.08. The molecule has 0 N–H and O–H groups in total. The van der Waals surface area contributed by atoms with E-state index < -0.39 is 10.0 Å². The molecule has 1 amide bonds. The molecule has 1 saturated heterocycles. The minimum absolute atomic E-state index is 0.114. The van der Waals surface area contributed by atoms with Gasteiger partial charge in [-0.25, -0.2) is 12.7 Å². The highest BCUT2D eigenvalue weighted by molar-refractivity contribution is 7.89. The van der Waals surface area contributed by atoms with Gasteiger partial charge in [-0.1, -0.05) is 0 Å². The van der Waals surface area contributed by atoms with E-state index in [9.17, 15) is 13.2 Å². The fourth-order valence-electron chi connectivity index (χ4n) is 3.20. The second kappa shape index (κ2) is 8.83. The maximum absolute atomic E-state index is 13.4. The summed E-state index contributed by atoms with van der Waals surface area (Å²) in [4.78, 5) is 18.3. The van der Waals surface area contributed by atoms with Crippen LogP contribution in [0.2, 0.25) is 0 Å². The van der Waals surface area contributed by atoms with Crippen LogP contribution in [0.1, 0.15) is 20.8 Å². The number of ether oxygens (including phenoxy) is 1. The lowest BCUT2D eigenvalue weighted by atomic mass is 10.1. The topological polar surface area (TPSA) is 70.2 Å². The number of carbonyl (C=O) groups excluding carboxylic acids is 1. The lowest BCUT2D eigenvalue weighted by molar-refractivity contribution is 0.0785. The lowest BCUT2D eigenvalue weighted by Gasteiger charge is -2.31. The molecule has 158 valence electrons. The summed E-state index contributed by atoms with van der Waals surface area (Å²) in [6, 6.07) is 6.83. The minimum Gasteiger partial charge on any atom is -0.378 e. The number of sulfonamides is 1. The molecule has 2 aromatic rings. The molecule has 0 aliphatic carbocycles. The minimum atomic E-state index is -3.64. The van der Waals surface area contributed by atoms with Crippen LogP contribution < -0.4 is 4.90 Å². The Morgan fingerprint density at radius 1 is 1.17 bits per heavy atom. The van der Waals surface area contributed by atoms with E-state index in [0.717, 1.165) is 20.4 Å². The Balaban J connectivity index is 2.00. The molecule has 1 aromatic carbocycles. The molecule has 0 radical (unpaired) electrons. The third-order valence-electron chi connectivity index (χ3n) is 5.02. The van der Waals surface area contributed by atoms with Crippen LogP contribution in [0, 0.1) is 6.92 Å². The van der Waals surface area contributed by atoms with E-state index in [1.807, 2.05) is 18.4 Å². The number of hydrogen-bond acceptors (Lipinski definition) is 6. The first kappa shape index (κ1) is 21.8. The van der Waals surface area contributed by atoms with Crippen LogP contribution in [0.5, 0.6) is 0 Å². The van der Waals surface area contributed by atoms with Gasteiger partial charge in [-0.2, -0.15) is 0 Å². The van der Waals surface area contributed by atoms with Crippen LogP contribution in [0.4, 0.5) is 5.69 Å². The Hall–Kier alpha value is -1.94. The zero-order chi connectivity index (χ0) is 21.2. The number of thiophene rings is 1. The number of carbonyl (C=O) groups is 1. The summed E-state index contributed by atoms with van der Waals surface area (Å²) in [5.74, 6) is -0.199. The standard InChI is InChI=1S/C20H27N3O4S2/c1-15-7-12-28-19(15)14-22(4)20(24)17-13-16(29(25,26)21(2)3)5-6-18(17)23-8-10-27-11-9-23/h5-7,12-13H,8-11,14H2,1-4H3. The van der Waals surface area contributed by atoms with Gasteiger partial charge in [-0.3, -0.25) is 4.79 Å². The van der Waals surface area contributed by atoms with E-state index in [1.165, 1.54) is 20.2 Å². The first-order chi connectivity index (χ1) is 13.7. The fraction of sp³-hybridized carbons (Fsp3) is 0.450. The van der Waals surface area contributed by atoms with Crippen molar-refractivity contribution in [3.63, 3.8) is 0 Å².